The fourth-order valence-corrected chi connectivity index (χ4v) is 8.15. The van der Waals surface area contributed by atoms with Crippen LogP contribution in [0.15, 0.2) is 152 Å². The molecule has 0 radical (unpaired) electrons. The molecule has 9 aromatic rings. The number of fused-ring (bicyclic) bond motifs is 8. The summed E-state index contributed by atoms with van der Waals surface area (Å²) in [4.78, 5) is 10.9. The lowest BCUT2D eigenvalue weighted by Gasteiger charge is -2.25. The van der Waals surface area contributed by atoms with Crippen LogP contribution in [0.5, 0.6) is 0 Å². The van der Waals surface area contributed by atoms with Crippen LogP contribution in [0.2, 0.25) is 0 Å². The number of hydrogen-bond donors (Lipinski definition) is 0. The summed E-state index contributed by atoms with van der Waals surface area (Å²) in [5.41, 5.74) is 12.6. The number of para-hydroxylation sites is 1. The number of hydrogen-bond acceptors (Lipinski definition) is 2. The summed E-state index contributed by atoms with van der Waals surface area (Å²) < 4.78 is 2.26. The number of nitrogens with zero attached hydrogens (tertiary/aromatic N) is 3. The van der Waals surface area contributed by atoms with Gasteiger partial charge in [-0.25, -0.2) is 9.97 Å². The van der Waals surface area contributed by atoms with Crippen molar-refractivity contribution in [1.82, 2.24) is 14.5 Å². The topological polar surface area (TPSA) is 30.7 Å². The van der Waals surface area contributed by atoms with Gasteiger partial charge in [0.15, 0.2) is 0 Å². The highest BCUT2D eigenvalue weighted by Gasteiger charge is 2.38. The highest BCUT2D eigenvalue weighted by molar-refractivity contribution is 6.13. The van der Waals surface area contributed by atoms with E-state index in [0.29, 0.717) is 5.95 Å². The molecule has 0 N–H and O–H groups in total. The van der Waals surface area contributed by atoms with Gasteiger partial charge in [0.05, 0.1) is 22.2 Å². The second-order valence-electron chi connectivity index (χ2n) is 13.4. The van der Waals surface area contributed by atoms with Crippen molar-refractivity contribution in [2.75, 3.05) is 0 Å². The number of rotatable bonds is 3. The largest absolute Gasteiger partial charge is 0.278 e. The monoisotopic (exact) mass is 613 g/mol. The lowest BCUT2D eigenvalue weighted by Crippen LogP contribution is -2.16. The van der Waals surface area contributed by atoms with Crippen LogP contribution in [0.4, 0.5) is 0 Å². The molecular formula is C45H31N3. The predicted octanol–water partition coefficient (Wildman–Crippen LogP) is 11.5. The minimum atomic E-state index is -0.192. The van der Waals surface area contributed by atoms with Gasteiger partial charge in [0.2, 0.25) is 5.95 Å². The Balaban J connectivity index is 1.32. The summed E-state index contributed by atoms with van der Waals surface area (Å²) >= 11 is 0. The van der Waals surface area contributed by atoms with E-state index < -0.39 is 0 Å². The Bertz CT molecular complexity index is 2750. The molecule has 0 fully saturated rings. The van der Waals surface area contributed by atoms with Crippen LogP contribution in [0.3, 0.4) is 0 Å². The Morgan fingerprint density at radius 3 is 2.06 bits per heavy atom. The smallest absolute Gasteiger partial charge is 0.235 e. The molecule has 0 amide bonds. The van der Waals surface area contributed by atoms with Crippen LogP contribution in [-0.2, 0) is 5.41 Å². The summed E-state index contributed by atoms with van der Waals surface area (Å²) in [6.07, 6.45) is 0. The van der Waals surface area contributed by atoms with E-state index in [1.54, 1.807) is 0 Å². The molecule has 10 rings (SSSR count). The summed E-state index contributed by atoms with van der Waals surface area (Å²) in [5.74, 6) is 0.678. The average molecular weight is 614 g/mol. The lowest BCUT2D eigenvalue weighted by atomic mass is 9.79. The molecular weight excluding hydrogens is 583 g/mol. The van der Waals surface area contributed by atoms with Gasteiger partial charge in [0.25, 0.3) is 0 Å². The predicted molar refractivity (Wildman–Crippen MR) is 200 cm³/mol. The average Bonchev–Trinajstić information content (AvgIpc) is 3.58. The highest BCUT2D eigenvalue weighted by Crippen LogP contribution is 2.52. The Morgan fingerprint density at radius 2 is 1.19 bits per heavy atom. The molecule has 2 heterocycles. The Morgan fingerprint density at radius 1 is 0.479 bits per heavy atom. The van der Waals surface area contributed by atoms with Gasteiger partial charge in [-0.15, -0.1) is 0 Å². The molecule has 0 saturated heterocycles. The van der Waals surface area contributed by atoms with Crippen molar-refractivity contribution in [3.63, 3.8) is 0 Å². The van der Waals surface area contributed by atoms with Crippen molar-refractivity contribution in [3.05, 3.63) is 163 Å². The van der Waals surface area contributed by atoms with E-state index in [1.807, 2.05) is 0 Å². The lowest BCUT2D eigenvalue weighted by molar-refractivity contribution is 0.662. The summed E-state index contributed by atoms with van der Waals surface area (Å²) in [6.45, 7) is 4.69. The van der Waals surface area contributed by atoms with Crippen molar-refractivity contribution in [3.8, 4) is 39.5 Å². The molecule has 1 aliphatic carbocycles. The van der Waals surface area contributed by atoms with E-state index in [-0.39, 0.29) is 5.41 Å². The standard InChI is InChI=1S/C45H31N3/c1-45(2)38-21-10-8-17-32(38)34-19-12-20-35(42(34)45)43-37-26-31(28-13-4-3-5-14-28)23-24-39(37)46-44(47-43)48-40-22-11-9-18-33(40)36-25-29-15-6-7-16-30(29)27-41(36)48/h3-27H,1-2H3. The minimum Gasteiger partial charge on any atom is -0.278 e. The van der Waals surface area contributed by atoms with Crippen LogP contribution >= 0.6 is 0 Å². The SMILES string of the molecule is CC1(C)c2ccccc2-c2cccc(-c3nc(-n4c5ccccc5c5cc6ccccc6cc54)nc4ccc(-c5ccccc5)cc34)c21. The summed E-state index contributed by atoms with van der Waals surface area (Å²) in [5, 5.41) is 5.86. The summed E-state index contributed by atoms with van der Waals surface area (Å²) in [6, 6.07) is 54.5. The van der Waals surface area contributed by atoms with Gasteiger partial charge in [-0.3, -0.25) is 4.57 Å². The maximum absolute atomic E-state index is 5.59. The third-order valence-corrected chi connectivity index (χ3v) is 10.4. The number of benzene rings is 7. The van der Waals surface area contributed by atoms with Crippen molar-refractivity contribution < 1.29 is 0 Å². The molecule has 226 valence electrons. The van der Waals surface area contributed by atoms with Crippen molar-refractivity contribution in [2.45, 2.75) is 19.3 Å². The van der Waals surface area contributed by atoms with Crippen molar-refractivity contribution >= 4 is 43.5 Å². The van der Waals surface area contributed by atoms with E-state index in [0.717, 1.165) is 38.8 Å². The molecule has 7 aromatic carbocycles. The van der Waals surface area contributed by atoms with Gasteiger partial charge in [0.1, 0.15) is 0 Å². The number of aromatic nitrogens is 3. The molecule has 0 bridgehead atoms. The van der Waals surface area contributed by atoms with Gasteiger partial charge in [-0.05, 0) is 74.5 Å². The van der Waals surface area contributed by atoms with E-state index in [1.165, 1.54) is 49.4 Å². The maximum atomic E-state index is 5.59. The van der Waals surface area contributed by atoms with E-state index in [4.69, 9.17) is 9.97 Å². The normalized spacial score (nSPS) is 13.4. The molecule has 3 nitrogen and oxygen atoms in total. The van der Waals surface area contributed by atoms with E-state index in [2.05, 4.69) is 170 Å². The fourth-order valence-electron chi connectivity index (χ4n) is 8.15. The molecule has 0 spiro atoms. The quantitative estimate of drug-likeness (QED) is 0.198. The van der Waals surface area contributed by atoms with Gasteiger partial charge in [-0.2, -0.15) is 0 Å². The van der Waals surface area contributed by atoms with Gasteiger partial charge < -0.3 is 0 Å². The first-order valence-electron chi connectivity index (χ1n) is 16.6. The van der Waals surface area contributed by atoms with Gasteiger partial charge in [-0.1, -0.05) is 135 Å². The maximum Gasteiger partial charge on any atom is 0.235 e. The minimum absolute atomic E-state index is 0.192. The Labute approximate surface area is 278 Å². The summed E-state index contributed by atoms with van der Waals surface area (Å²) in [7, 11) is 0. The second-order valence-corrected chi connectivity index (χ2v) is 13.4. The molecule has 0 aliphatic heterocycles. The first-order valence-corrected chi connectivity index (χ1v) is 16.6. The van der Waals surface area contributed by atoms with Gasteiger partial charge >= 0.3 is 0 Å². The fraction of sp³-hybridized carbons (Fsp3) is 0.0667. The van der Waals surface area contributed by atoms with Crippen molar-refractivity contribution in [1.29, 1.82) is 0 Å². The first kappa shape index (κ1) is 27.1. The van der Waals surface area contributed by atoms with Crippen LogP contribution in [-0.4, -0.2) is 14.5 Å². The molecule has 2 aromatic heterocycles. The van der Waals surface area contributed by atoms with Crippen LogP contribution in [0.25, 0.3) is 82.9 Å². The van der Waals surface area contributed by atoms with Crippen LogP contribution < -0.4 is 0 Å². The van der Waals surface area contributed by atoms with Crippen LogP contribution in [0, 0.1) is 0 Å². The van der Waals surface area contributed by atoms with Crippen LogP contribution in [0.1, 0.15) is 25.0 Å². The first-order chi connectivity index (χ1) is 23.6. The zero-order valence-corrected chi connectivity index (χ0v) is 26.8. The molecule has 0 atom stereocenters. The van der Waals surface area contributed by atoms with E-state index in [9.17, 15) is 0 Å². The Hall–Kier alpha value is -6.06. The van der Waals surface area contributed by atoms with Gasteiger partial charge in [0, 0.05) is 27.1 Å². The molecule has 3 heteroatoms. The van der Waals surface area contributed by atoms with E-state index >= 15 is 0 Å². The molecule has 0 saturated carbocycles. The molecule has 1 aliphatic rings. The third-order valence-electron chi connectivity index (χ3n) is 10.4. The zero-order valence-electron chi connectivity index (χ0n) is 26.8. The second kappa shape index (κ2) is 9.97. The third kappa shape index (κ3) is 3.82. The zero-order chi connectivity index (χ0) is 32.0. The highest BCUT2D eigenvalue weighted by atomic mass is 15.2. The molecule has 0 unspecified atom stereocenters. The van der Waals surface area contributed by atoms with Crippen molar-refractivity contribution in [2.24, 2.45) is 0 Å². The Kier molecular flexibility index (Phi) is 5.63. The molecule has 48 heavy (non-hydrogen) atoms.